The van der Waals surface area contributed by atoms with E-state index in [4.69, 9.17) is 16.0 Å². The van der Waals surface area contributed by atoms with Gasteiger partial charge in [-0.2, -0.15) is 0 Å². The fraction of sp³-hybridized carbons (Fsp3) is 0.0238. The summed E-state index contributed by atoms with van der Waals surface area (Å²) in [6.45, 7) is 7.69. The van der Waals surface area contributed by atoms with E-state index in [9.17, 15) is 0 Å². The standard InChI is InChI=1S/C42H26N4O2/c1-43-33-11-13-40-36(22-33)35-8-2-3-9-39(35)46(40)34-12-15-42-38(23-34)37-21-27(10-14-41(37)47-26-48-42)30-18-31(28-6-4-16-44-24-28)20-32(19-30)29-7-5-17-45-25-29/h2-25H,26H2. The lowest BCUT2D eigenvalue weighted by molar-refractivity contribution is 0.125. The first-order chi connectivity index (χ1) is 23.7. The van der Waals surface area contributed by atoms with Crippen LogP contribution in [0.5, 0.6) is 11.5 Å². The third kappa shape index (κ3) is 4.65. The predicted octanol–water partition coefficient (Wildman–Crippen LogP) is 10.5. The van der Waals surface area contributed by atoms with E-state index in [1.54, 1.807) is 12.4 Å². The van der Waals surface area contributed by atoms with Gasteiger partial charge in [0.2, 0.25) is 6.79 Å². The lowest BCUT2D eigenvalue weighted by atomic mass is 9.92. The highest BCUT2D eigenvalue weighted by Crippen LogP contribution is 2.44. The smallest absolute Gasteiger partial charge is 0.230 e. The van der Waals surface area contributed by atoms with Crippen LogP contribution in [0.15, 0.2) is 146 Å². The second kappa shape index (κ2) is 11.3. The Labute approximate surface area is 276 Å². The van der Waals surface area contributed by atoms with Crippen molar-refractivity contribution in [2.45, 2.75) is 0 Å². The summed E-state index contributed by atoms with van der Waals surface area (Å²) in [6, 6.07) is 41.5. The van der Waals surface area contributed by atoms with Crippen molar-refractivity contribution in [2.24, 2.45) is 0 Å². The molecule has 0 atom stereocenters. The summed E-state index contributed by atoms with van der Waals surface area (Å²) in [5.41, 5.74) is 12.0. The molecule has 1 aliphatic heterocycles. The van der Waals surface area contributed by atoms with Crippen molar-refractivity contribution >= 4 is 27.5 Å². The van der Waals surface area contributed by atoms with Crippen molar-refractivity contribution in [3.05, 3.63) is 158 Å². The Balaban J connectivity index is 1.23. The lowest BCUT2D eigenvalue weighted by Gasteiger charge is -2.15. The minimum Gasteiger partial charge on any atom is -0.457 e. The number of pyridine rings is 2. The van der Waals surface area contributed by atoms with Crippen molar-refractivity contribution < 1.29 is 9.47 Å². The third-order valence-electron chi connectivity index (χ3n) is 8.96. The van der Waals surface area contributed by atoms with Crippen LogP contribution in [0.25, 0.3) is 76.8 Å². The molecule has 8 aromatic rings. The van der Waals surface area contributed by atoms with Crippen LogP contribution in [0.4, 0.5) is 5.69 Å². The Hall–Kier alpha value is -6.71. The van der Waals surface area contributed by atoms with Gasteiger partial charge in [-0.15, -0.1) is 0 Å². The van der Waals surface area contributed by atoms with Crippen molar-refractivity contribution in [1.29, 1.82) is 0 Å². The van der Waals surface area contributed by atoms with Crippen LogP contribution in [0.3, 0.4) is 0 Å². The molecule has 0 amide bonds. The molecule has 6 heteroatoms. The highest BCUT2D eigenvalue weighted by atomic mass is 16.7. The molecular formula is C42H26N4O2. The number of benzene rings is 5. The zero-order valence-electron chi connectivity index (χ0n) is 25.7. The number of hydrogen-bond acceptors (Lipinski definition) is 4. The number of ether oxygens (including phenoxy) is 2. The molecule has 0 unspecified atom stereocenters. The largest absolute Gasteiger partial charge is 0.457 e. The van der Waals surface area contributed by atoms with Gasteiger partial charge in [-0.25, -0.2) is 4.85 Å². The summed E-state index contributed by atoms with van der Waals surface area (Å²) >= 11 is 0. The lowest BCUT2D eigenvalue weighted by Crippen LogP contribution is -2.03. The molecule has 0 N–H and O–H groups in total. The van der Waals surface area contributed by atoms with Gasteiger partial charge in [0.15, 0.2) is 5.69 Å². The topological polar surface area (TPSA) is 53.5 Å². The van der Waals surface area contributed by atoms with Crippen molar-refractivity contribution in [1.82, 2.24) is 14.5 Å². The van der Waals surface area contributed by atoms with Crippen LogP contribution in [0.1, 0.15) is 0 Å². The van der Waals surface area contributed by atoms with E-state index < -0.39 is 0 Å². The van der Waals surface area contributed by atoms with Gasteiger partial charge in [0.05, 0.1) is 17.6 Å². The van der Waals surface area contributed by atoms with Crippen LogP contribution in [0.2, 0.25) is 0 Å². The zero-order chi connectivity index (χ0) is 32.0. The Kier molecular flexibility index (Phi) is 6.48. The van der Waals surface area contributed by atoms with E-state index >= 15 is 0 Å². The van der Waals surface area contributed by atoms with Crippen molar-refractivity contribution in [3.8, 4) is 61.7 Å². The summed E-state index contributed by atoms with van der Waals surface area (Å²) < 4.78 is 14.5. The average molecular weight is 619 g/mol. The summed E-state index contributed by atoms with van der Waals surface area (Å²) in [5.74, 6) is 1.51. The summed E-state index contributed by atoms with van der Waals surface area (Å²) in [4.78, 5) is 12.4. The van der Waals surface area contributed by atoms with Gasteiger partial charge in [0, 0.05) is 58.1 Å². The van der Waals surface area contributed by atoms with Crippen LogP contribution in [0, 0.1) is 6.57 Å². The van der Waals surface area contributed by atoms with E-state index in [0.29, 0.717) is 5.69 Å². The van der Waals surface area contributed by atoms with Crippen molar-refractivity contribution in [3.63, 3.8) is 0 Å². The molecule has 0 saturated carbocycles. The first-order valence-electron chi connectivity index (χ1n) is 15.6. The number of para-hydroxylation sites is 1. The fourth-order valence-electron chi connectivity index (χ4n) is 6.70. The first kappa shape index (κ1) is 27.6. The Morgan fingerprint density at radius 2 is 1.19 bits per heavy atom. The SMILES string of the molecule is [C-]#[N+]c1ccc2c(c1)c1ccccc1n2-c1ccc2c(c1)-c1cc(-c3cc(-c4cccnc4)cc(-c4cccnc4)c3)ccc1OCO2. The molecule has 0 aliphatic carbocycles. The molecular weight excluding hydrogens is 592 g/mol. The molecule has 3 aromatic heterocycles. The quantitative estimate of drug-likeness (QED) is 0.184. The highest BCUT2D eigenvalue weighted by Gasteiger charge is 2.21. The second-order valence-corrected chi connectivity index (χ2v) is 11.7. The Morgan fingerprint density at radius 3 is 1.88 bits per heavy atom. The first-order valence-corrected chi connectivity index (χ1v) is 15.6. The maximum atomic E-state index is 7.57. The van der Waals surface area contributed by atoms with E-state index in [0.717, 1.165) is 83.5 Å². The van der Waals surface area contributed by atoms with Crippen LogP contribution < -0.4 is 9.47 Å². The van der Waals surface area contributed by atoms with Gasteiger partial charge < -0.3 is 14.0 Å². The number of fused-ring (bicyclic) bond motifs is 6. The molecule has 0 saturated heterocycles. The van der Waals surface area contributed by atoms with Gasteiger partial charge >= 0.3 is 0 Å². The molecule has 4 heterocycles. The average Bonchev–Trinajstić information content (AvgIpc) is 3.37. The molecule has 226 valence electrons. The summed E-state index contributed by atoms with van der Waals surface area (Å²) in [6.07, 6.45) is 7.37. The Morgan fingerprint density at radius 1 is 0.542 bits per heavy atom. The normalized spacial score (nSPS) is 12.0. The number of aromatic nitrogens is 3. The molecule has 9 rings (SSSR count). The summed E-state index contributed by atoms with van der Waals surface area (Å²) in [7, 11) is 0. The van der Waals surface area contributed by atoms with Crippen molar-refractivity contribution in [2.75, 3.05) is 6.79 Å². The number of hydrogen-bond donors (Lipinski definition) is 0. The van der Waals surface area contributed by atoms with Gasteiger partial charge in [0.1, 0.15) is 11.5 Å². The molecule has 48 heavy (non-hydrogen) atoms. The monoisotopic (exact) mass is 618 g/mol. The minimum atomic E-state index is 0.120. The molecule has 1 aliphatic rings. The fourth-order valence-corrected chi connectivity index (χ4v) is 6.70. The van der Waals surface area contributed by atoms with Crippen LogP contribution in [-0.4, -0.2) is 21.3 Å². The van der Waals surface area contributed by atoms with E-state index in [1.165, 1.54) is 0 Å². The maximum absolute atomic E-state index is 7.57. The second-order valence-electron chi connectivity index (χ2n) is 11.7. The van der Waals surface area contributed by atoms with Crippen LogP contribution in [-0.2, 0) is 0 Å². The molecule has 0 bridgehead atoms. The van der Waals surface area contributed by atoms with Crippen LogP contribution >= 0.6 is 0 Å². The van der Waals surface area contributed by atoms with Gasteiger partial charge in [0.25, 0.3) is 0 Å². The maximum Gasteiger partial charge on any atom is 0.230 e. The molecule has 5 aromatic carbocycles. The van der Waals surface area contributed by atoms with Gasteiger partial charge in [-0.3, -0.25) is 9.97 Å². The molecule has 0 radical (unpaired) electrons. The molecule has 0 fully saturated rings. The van der Waals surface area contributed by atoms with E-state index in [-0.39, 0.29) is 6.79 Å². The van der Waals surface area contributed by atoms with Gasteiger partial charge in [-0.1, -0.05) is 42.5 Å². The molecule has 6 nitrogen and oxygen atoms in total. The van der Waals surface area contributed by atoms with Gasteiger partial charge in [-0.05, 0) is 107 Å². The minimum absolute atomic E-state index is 0.120. The summed E-state index contributed by atoms with van der Waals surface area (Å²) in [5, 5.41) is 2.15. The number of rotatable bonds is 4. The zero-order valence-corrected chi connectivity index (χ0v) is 25.7. The highest BCUT2D eigenvalue weighted by molar-refractivity contribution is 6.10. The predicted molar refractivity (Wildman–Crippen MR) is 190 cm³/mol. The Bertz CT molecular complexity index is 2490. The third-order valence-corrected chi connectivity index (χ3v) is 8.96. The number of nitrogens with zero attached hydrogens (tertiary/aromatic N) is 4. The molecule has 0 spiro atoms. The van der Waals surface area contributed by atoms with E-state index in [2.05, 4.69) is 92.2 Å². The van der Waals surface area contributed by atoms with E-state index in [1.807, 2.05) is 60.9 Å².